The molecule has 0 radical (unpaired) electrons. The summed E-state index contributed by atoms with van der Waals surface area (Å²) in [5, 5.41) is 0. The fourth-order valence-corrected chi connectivity index (χ4v) is 4.42. The van der Waals surface area contributed by atoms with Crippen LogP contribution in [0.4, 0.5) is 11.4 Å². The summed E-state index contributed by atoms with van der Waals surface area (Å²) in [6.45, 7) is 12.7. The highest BCUT2D eigenvalue weighted by Crippen LogP contribution is 2.21. The van der Waals surface area contributed by atoms with Gasteiger partial charge in [-0.1, -0.05) is 36.4 Å². The summed E-state index contributed by atoms with van der Waals surface area (Å²) < 4.78 is 0. The highest BCUT2D eigenvalue weighted by atomic mass is 15.1. The average Bonchev–Trinajstić information content (AvgIpc) is 2.98. The molecule has 0 atom stereocenters. The molecule has 5 nitrogen and oxygen atoms in total. The first kappa shape index (κ1) is 26.8. The molecular weight excluding hydrogens is 466 g/mol. The normalized spacial score (nSPS) is 11.4. The smallest absolute Gasteiger partial charge is 0.160 e. The molecule has 0 spiro atoms. The number of anilines is 2. The Morgan fingerprint density at radius 2 is 0.974 bits per heavy atom. The summed E-state index contributed by atoms with van der Waals surface area (Å²) in [7, 11) is 0. The highest BCUT2D eigenvalue weighted by Gasteiger charge is 2.06. The molecule has 2 aromatic carbocycles. The number of pyridine rings is 1. The Hall–Kier alpha value is -4.25. The molecule has 4 rings (SSSR count). The molecule has 0 amide bonds. The van der Waals surface area contributed by atoms with E-state index in [-0.39, 0.29) is 0 Å². The molecule has 38 heavy (non-hydrogen) atoms. The van der Waals surface area contributed by atoms with Crippen LogP contribution >= 0.6 is 0 Å². The lowest BCUT2D eigenvalue weighted by Crippen LogP contribution is -2.21. The zero-order valence-electron chi connectivity index (χ0n) is 22.9. The number of hydrogen-bond donors (Lipinski definition) is 0. The first-order valence-electron chi connectivity index (χ1n) is 13.5. The van der Waals surface area contributed by atoms with Gasteiger partial charge in [0.2, 0.25) is 0 Å². The van der Waals surface area contributed by atoms with Crippen molar-refractivity contribution in [1.82, 2.24) is 15.0 Å². The largest absolute Gasteiger partial charge is 0.372 e. The van der Waals surface area contributed by atoms with Gasteiger partial charge in [-0.25, -0.2) is 9.97 Å². The minimum atomic E-state index is 0.683. The Balaban J connectivity index is 1.60. The predicted octanol–water partition coefficient (Wildman–Crippen LogP) is 7.57. The van der Waals surface area contributed by atoms with Gasteiger partial charge in [0.1, 0.15) is 0 Å². The van der Waals surface area contributed by atoms with Crippen molar-refractivity contribution in [3.05, 3.63) is 102 Å². The fraction of sp³-hybridized carbons (Fsp3) is 0.242. The number of hydrogen-bond acceptors (Lipinski definition) is 5. The van der Waals surface area contributed by atoms with Gasteiger partial charge in [-0.15, -0.1) is 0 Å². The summed E-state index contributed by atoms with van der Waals surface area (Å²) >= 11 is 0. The van der Waals surface area contributed by atoms with E-state index in [4.69, 9.17) is 9.97 Å². The van der Waals surface area contributed by atoms with E-state index in [9.17, 15) is 0 Å². The van der Waals surface area contributed by atoms with E-state index in [0.29, 0.717) is 5.82 Å². The first-order chi connectivity index (χ1) is 18.6. The van der Waals surface area contributed by atoms with Gasteiger partial charge in [0.05, 0.1) is 11.4 Å². The van der Waals surface area contributed by atoms with Crippen molar-refractivity contribution < 1.29 is 0 Å². The van der Waals surface area contributed by atoms with E-state index in [2.05, 4.69) is 115 Å². The van der Waals surface area contributed by atoms with Crippen LogP contribution < -0.4 is 9.80 Å². The van der Waals surface area contributed by atoms with E-state index in [0.717, 1.165) is 54.3 Å². The Kier molecular flexibility index (Phi) is 9.41. The molecule has 2 aromatic heterocycles. The van der Waals surface area contributed by atoms with Crippen LogP contribution in [0.3, 0.4) is 0 Å². The van der Waals surface area contributed by atoms with Gasteiger partial charge in [-0.3, -0.25) is 4.98 Å². The lowest BCUT2D eigenvalue weighted by molar-refractivity contribution is 0.866. The maximum Gasteiger partial charge on any atom is 0.160 e. The maximum absolute atomic E-state index is 4.82. The summed E-state index contributed by atoms with van der Waals surface area (Å²) in [5.74, 6) is 0.683. The van der Waals surface area contributed by atoms with Gasteiger partial charge in [-0.05, 0) is 93.4 Å². The molecule has 0 N–H and O–H groups in total. The summed E-state index contributed by atoms with van der Waals surface area (Å²) in [4.78, 5) is 18.5. The van der Waals surface area contributed by atoms with Crippen LogP contribution in [0.25, 0.3) is 35.7 Å². The number of benzene rings is 2. The third kappa shape index (κ3) is 6.94. The Morgan fingerprint density at radius 1 is 0.553 bits per heavy atom. The van der Waals surface area contributed by atoms with Gasteiger partial charge in [0.25, 0.3) is 0 Å². The minimum absolute atomic E-state index is 0.683. The molecule has 0 unspecified atom stereocenters. The molecule has 4 aromatic rings. The Morgan fingerprint density at radius 3 is 1.37 bits per heavy atom. The molecule has 0 aliphatic rings. The van der Waals surface area contributed by atoms with Crippen LogP contribution in [0, 0.1) is 0 Å². The summed E-state index contributed by atoms with van der Waals surface area (Å²) in [5.41, 5.74) is 7.41. The van der Waals surface area contributed by atoms with Crippen molar-refractivity contribution in [2.75, 3.05) is 36.0 Å². The third-order valence-electron chi connectivity index (χ3n) is 6.64. The van der Waals surface area contributed by atoms with Crippen molar-refractivity contribution in [2.24, 2.45) is 0 Å². The molecule has 0 aliphatic heterocycles. The van der Waals surface area contributed by atoms with Gasteiger partial charge < -0.3 is 9.80 Å². The quantitative estimate of drug-likeness (QED) is 0.211. The lowest BCUT2D eigenvalue weighted by atomic mass is 10.1. The van der Waals surface area contributed by atoms with Crippen LogP contribution in [-0.2, 0) is 0 Å². The first-order valence-corrected chi connectivity index (χ1v) is 13.5. The lowest BCUT2D eigenvalue weighted by Gasteiger charge is -2.20. The molecule has 5 heteroatoms. The van der Waals surface area contributed by atoms with E-state index < -0.39 is 0 Å². The van der Waals surface area contributed by atoms with Crippen molar-refractivity contribution in [2.45, 2.75) is 27.7 Å². The third-order valence-corrected chi connectivity index (χ3v) is 6.64. The van der Waals surface area contributed by atoms with Crippen LogP contribution in [0.5, 0.6) is 0 Å². The van der Waals surface area contributed by atoms with Crippen molar-refractivity contribution in [3.63, 3.8) is 0 Å². The molecule has 0 saturated carbocycles. The van der Waals surface area contributed by atoms with Gasteiger partial charge in [-0.2, -0.15) is 0 Å². The second-order valence-electron chi connectivity index (χ2n) is 8.97. The van der Waals surface area contributed by atoms with E-state index in [1.807, 2.05) is 18.2 Å². The Labute approximate surface area is 227 Å². The molecular formula is C33H37N5. The molecule has 0 fully saturated rings. The Bertz CT molecular complexity index is 1250. The average molecular weight is 504 g/mol. The van der Waals surface area contributed by atoms with Crippen molar-refractivity contribution >= 4 is 35.7 Å². The number of rotatable bonds is 11. The van der Waals surface area contributed by atoms with Crippen LogP contribution in [0.1, 0.15) is 50.2 Å². The zero-order valence-corrected chi connectivity index (χ0v) is 22.9. The van der Waals surface area contributed by atoms with Crippen molar-refractivity contribution in [3.8, 4) is 11.4 Å². The second-order valence-corrected chi connectivity index (χ2v) is 8.97. The predicted molar refractivity (Wildman–Crippen MR) is 163 cm³/mol. The maximum atomic E-state index is 4.82. The van der Waals surface area contributed by atoms with E-state index >= 15 is 0 Å². The van der Waals surface area contributed by atoms with Gasteiger partial charge >= 0.3 is 0 Å². The molecule has 0 aliphatic carbocycles. The molecule has 0 bridgehead atoms. The number of aromatic nitrogens is 3. The summed E-state index contributed by atoms with van der Waals surface area (Å²) in [6, 6.07) is 23.2. The minimum Gasteiger partial charge on any atom is -0.372 e. The van der Waals surface area contributed by atoms with Gasteiger partial charge in [0.15, 0.2) is 5.82 Å². The standard InChI is InChI=1S/C33H37N5/c1-5-37(6-2)31-17-11-26(12-18-31)9-15-29-25-30(36-33(35-29)28-21-23-34-24-22-28)16-10-27-13-19-32(20-14-27)38(7-3)8-4/h9-25H,5-8H2,1-4H3/b15-9+,16-10+. The molecule has 0 saturated heterocycles. The topological polar surface area (TPSA) is 45.2 Å². The molecule has 2 heterocycles. The van der Waals surface area contributed by atoms with Gasteiger partial charge in [0, 0.05) is 55.5 Å². The zero-order chi connectivity index (χ0) is 26.7. The second kappa shape index (κ2) is 13.3. The SMILES string of the molecule is CCN(CC)c1ccc(/C=C/c2cc(/C=C/c3ccc(N(CC)CC)cc3)nc(-c3ccncc3)n2)cc1. The van der Waals surface area contributed by atoms with Crippen LogP contribution in [0.15, 0.2) is 79.1 Å². The van der Waals surface area contributed by atoms with E-state index in [1.54, 1.807) is 12.4 Å². The van der Waals surface area contributed by atoms with Crippen LogP contribution in [0.2, 0.25) is 0 Å². The highest BCUT2D eigenvalue weighted by molar-refractivity contribution is 5.74. The number of nitrogens with zero attached hydrogens (tertiary/aromatic N) is 5. The van der Waals surface area contributed by atoms with Crippen LogP contribution in [-0.4, -0.2) is 41.1 Å². The van der Waals surface area contributed by atoms with E-state index in [1.165, 1.54) is 11.4 Å². The van der Waals surface area contributed by atoms with Crippen molar-refractivity contribution in [1.29, 1.82) is 0 Å². The summed E-state index contributed by atoms with van der Waals surface area (Å²) in [6.07, 6.45) is 11.8. The fourth-order valence-electron chi connectivity index (χ4n) is 4.42. The molecule has 194 valence electrons. The monoisotopic (exact) mass is 503 g/mol.